The highest BCUT2D eigenvalue weighted by atomic mass is 35.5. The van der Waals surface area contributed by atoms with Gasteiger partial charge in [-0.15, -0.1) is 0 Å². The summed E-state index contributed by atoms with van der Waals surface area (Å²) in [4.78, 5) is 27.3. The number of carbonyl (C=O) groups excluding carboxylic acids is 1. The average Bonchev–Trinajstić information content (AvgIpc) is 2.59. The van der Waals surface area contributed by atoms with Gasteiger partial charge in [-0.2, -0.15) is 5.26 Å². The molecule has 0 bridgehead atoms. The van der Waals surface area contributed by atoms with Crippen molar-refractivity contribution in [2.24, 2.45) is 5.41 Å². The topological polar surface area (TPSA) is 123 Å². The summed E-state index contributed by atoms with van der Waals surface area (Å²) in [5.41, 5.74) is -0.712. The molecule has 0 aliphatic rings. The van der Waals surface area contributed by atoms with Crippen LogP contribution in [0, 0.1) is 16.7 Å². The van der Waals surface area contributed by atoms with Gasteiger partial charge in [0.1, 0.15) is 17.5 Å². The summed E-state index contributed by atoms with van der Waals surface area (Å²) in [5.74, 6) is -2.28. The van der Waals surface area contributed by atoms with E-state index in [2.05, 4.69) is 10.3 Å². The van der Waals surface area contributed by atoms with Crippen molar-refractivity contribution in [2.75, 3.05) is 6.54 Å². The van der Waals surface area contributed by atoms with Gasteiger partial charge in [0.05, 0.1) is 5.41 Å². The fraction of sp³-hybridized carbons (Fsp3) is 0.222. The first-order valence-electron chi connectivity index (χ1n) is 7.57. The van der Waals surface area contributed by atoms with Crippen molar-refractivity contribution in [3.63, 3.8) is 0 Å². The zero-order valence-electron chi connectivity index (χ0n) is 14.1. The molecule has 0 aliphatic carbocycles. The molecule has 0 aliphatic heterocycles. The Kier molecular flexibility index (Phi) is 5.48. The highest BCUT2D eigenvalue weighted by Gasteiger charge is 2.28. The first-order chi connectivity index (χ1) is 12.2. The molecule has 134 valence electrons. The van der Waals surface area contributed by atoms with E-state index in [4.69, 9.17) is 16.7 Å². The molecule has 1 aromatic heterocycles. The number of aromatic hydroxyl groups is 1. The zero-order valence-corrected chi connectivity index (χ0v) is 14.8. The number of nitrogens with zero attached hydrogens (tertiary/aromatic N) is 2. The number of nitrogens with one attached hydrogen (secondary N) is 1. The Morgan fingerprint density at radius 1 is 1.35 bits per heavy atom. The first-order valence-corrected chi connectivity index (χ1v) is 7.95. The van der Waals surface area contributed by atoms with Crippen LogP contribution in [-0.4, -0.2) is 33.6 Å². The number of carboxylic acids is 1. The molecule has 2 rings (SSSR count). The minimum atomic E-state index is -1.19. The second-order valence-electron chi connectivity index (χ2n) is 6.25. The van der Waals surface area contributed by atoms with Crippen LogP contribution in [0.2, 0.25) is 5.02 Å². The van der Waals surface area contributed by atoms with Gasteiger partial charge in [-0.1, -0.05) is 23.7 Å². The SMILES string of the molecule is CC(C)(CNC(=O)c1nc(C#N)c(-c2cccc(Cl)c2)cc1O)C(=O)O. The molecule has 2 aromatic rings. The molecule has 0 fully saturated rings. The lowest BCUT2D eigenvalue weighted by molar-refractivity contribution is -0.146. The number of hydrogen-bond donors (Lipinski definition) is 3. The Morgan fingerprint density at radius 2 is 2.04 bits per heavy atom. The zero-order chi connectivity index (χ0) is 19.5. The third-order valence-electron chi connectivity index (χ3n) is 3.73. The number of aromatic nitrogens is 1. The van der Waals surface area contributed by atoms with Gasteiger partial charge in [0.15, 0.2) is 5.69 Å². The Labute approximate surface area is 154 Å². The van der Waals surface area contributed by atoms with Gasteiger partial charge >= 0.3 is 5.97 Å². The number of amides is 1. The van der Waals surface area contributed by atoms with Gasteiger partial charge in [-0.25, -0.2) is 4.98 Å². The molecule has 7 nitrogen and oxygen atoms in total. The lowest BCUT2D eigenvalue weighted by atomic mass is 9.94. The van der Waals surface area contributed by atoms with Crippen LogP contribution in [0.5, 0.6) is 5.75 Å². The summed E-state index contributed by atoms with van der Waals surface area (Å²) in [7, 11) is 0. The van der Waals surface area contributed by atoms with E-state index in [1.165, 1.54) is 19.9 Å². The minimum Gasteiger partial charge on any atom is -0.505 e. The molecule has 0 saturated heterocycles. The summed E-state index contributed by atoms with van der Waals surface area (Å²) in [6, 6.07) is 9.79. The number of nitriles is 1. The van der Waals surface area contributed by atoms with Crippen LogP contribution in [0.25, 0.3) is 11.1 Å². The molecular formula is C18H16ClN3O4. The van der Waals surface area contributed by atoms with Crippen molar-refractivity contribution in [1.29, 1.82) is 5.26 Å². The second kappa shape index (κ2) is 7.42. The molecular weight excluding hydrogens is 358 g/mol. The van der Waals surface area contributed by atoms with Crippen molar-refractivity contribution in [2.45, 2.75) is 13.8 Å². The number of hydrogen-bond acceptors (Lipinski definition) is 5. The van der Waals surface area contributed by atoms with E-state index in [0.29, 0.717) is 16.1 Å². The molecule has 0 saturated carbocycles. The molecule has 1 heterocycles. The number of halogens is 1. The van der Waals surface area contributed by atoms with Crippen LogP contribution in [-0.2, 0) is 4.79 Å². The van der Waals surface area contributed by atoms with Gasteiger partial charge in [0.2, 0.25) is 0 Å². The van der Waals surface area contributed by atoms with Crippen LogP contribution < -0.4 is 5.32 Å². The van der Waals surface area contributed by atoms with Crippen LogP contribution in [0.3, 0.4) is 0 Å². The van der Waals surface area contributed by atoms with E-state index in [-0.39, 0.29) is 17.9 Å². The van der Waals surface area contributed by atoms with Gasteiger partial charge < -0.3 is 15.5 Å². The average molecular weight is 374 g/mol. The number of benzene rings is 1. The fourth-order valence-electron chi connectivity index (χ4n) is 2.09. The number of aliphatic carboxylic acids is 1. The van der Waals surface area contributed by atoms with Crippen LogP contribution in [0.15, 0.2) is 30.3 Å². The smallest absolute Gasteiger partial charge is 0.310 e. The fourth-order valence-corrected chi connectivity index (χ4v) is 2.28. The third-order valence-corrected chi connectivity index (χ3v) is 3.96. The predicted octanol–water partition coefficient (Wildman–Crippen LogP) is 2.82. The van der Waals surface area contributed by atoms with Crippen LogP contribution in [0.1, 0.15) is 30.0 Å². The molecule has 1 aromatic carbocycles. The van der Waals surface area contributed by atoms with Gasteiger partial charge in [0.25, 0.3) is 5.91 Å². The third kappa shape index (κ3) is 4.10. The van der Waals surface area contributed by atoms with Crippen LogP contribution in [0.4, 0.5) is 0 Å². The molecule has 3 N–H and O–H groups in total. The molecule has 0 spiro atoms. The van der Waals surface area contributed by atoms with Crippen LogP contribution >= 0.6 is 11.6 Å². The number of rotatable bonds is 5. The number of carbonyl (C=O) groups is 2. The van der Waals surface area contributed by atoms with E-state index >= 15 is 0 Å². The first kappa shape index (κ1) is 19.2. The summed E-state index contributed by atoms with van der Waals surface area (Å²) in [6.45, 7) is 2.73. The largest absolute Gasteiger partial charge is 0.505 e. The highest BCUT2D eigenvalue weighted by molar-refractivity contribution is 6.30. The molecule has 0 atom stereocenters. The summed E-state index contributed by atoms with van der Waals surface area (Å²) >= 11 is 5.94. The standard InChI is InChI=1S/C18H16ClN3O4/c1-18(2,17(25)26)9-21-16(24)15-14(23)7-12(13(8-20)22-15)10-4-3-5-11(19)6-10/h3-7,23H,9H2,1-2H3,(H,21,24)(H,25,26). The summed E-state index contributed by atoms with van der Waals surface area (Å²) < 4.78 is 0. The maximum atomic E-state index is 12.2. The Hall–Kier alpha value is -3.11. The molecule has 8 heteroatoms. The minimum absolute atomic E-state index is 0.0623. The van der Waals surface area contributed by atoms with E-state index < -0.39 is 23.0 Å². The summed E-state index contributed by atoms with van der Waals surface area (Å²) in [6.07, 6.45) is 0. The Bertz CT molecular complexity index is 919. The maximum Gasteiger partial charge on any atom is 0.310 e. The Balaban J connectivity index is 2.36. The molecule has 0 radical (unpaired) electrons. The number of pyridine rings is 1. The van der Waals surface area contributed by atoms with E-state index in [0.717, 1.165) is 0 Å². The lowest BCUT2D eigenvalue weighted by Gasteiger charge is -2.19. The predicted molar refractivity (Wildman–Crippen MR) is 94.8 cm³/mol. The molecule has 1 amide bonds. The van der Waals surface area contributed by atoms with Gasteiger partial charge in [0, 0.05) is 17.1 Å². The maximum absolute atomic E-state index is 12.2. The van der Waals surface area contributed by atoms with Gasteiger partial charge in [-0.3, -0.25) is 9.59 Å². The highest BCUT2D eigenvalue weighted by Crippen LogP contribution is 2.29. The van der Waals surface area contributed by atoms with E-state index in [1.54, 1.807) is 24.3 Å². The second-order valence-corrected chi connectivity index (χ2v) is 6.68. The van der Waals surface area contributed by atoms with E-state index in [1.807, 2.05) is 6.07 Å². The summed E-state index contributed by atoms with van der Waals surface area (Å²) in [5, 5.41) is 31.4. The van der Waals surface area contributed by atoms with Crippen molar-refractivity contribution in [3.8, 4) is 22.9 Å². The Morgan fingerprint density at radius 3 is 2.62 bits per heavy atom. The van der Waals surface area contributed by atoms with Gasteiger partial charge in [-0.05, 0) is 37.6 Å². The molecule has 0 unspecified atom stereocenters. The van der Waals surface area contributed by atoms with E-state index in [9.17, 15) is 20.0 Å². The van der Waals surface area contributed by atoms with Crippen molar-refractivity contribution >= 4 is 23.5 Å². The van der Waals surface area contributed by atoms with Crippen molar-refractivity contribution in [1.82, 2.24) is 10.3 Å². The lowest BCUT2D eigenvalue weighted by Crippen LogP contribution is -2.39. The normalized spacial score (nSPS) is 10.8. The molecule has 26 heavy (non-hydrogen) atoms. The quantitative estimate of drug-likeness (QED) is 0.740. The number of carboxylic acid groups (broad SMARTS) is 1. The monoisotopic (exact) mass is 373 g/mol. The van der Waals surface area contributed by atoms with Crippen molar-refractivity contribution in [3.05, 3.63) is 46.7 Å². The van der Waals surface area contributed by atoms with Crippen molar-refractivity contribution < 1.29 is 19.8 Å².